The van der Waals surface area contributed by atoms with E-state index < -0.39 is 0 Å². The van der Waals surface area contributed by atoms with Crippen LogP contribution < -0.4 is 4.90 Å². The van der Waals surface area contributed by atoms with E-state index in [0.717, 1.165) is 50.5 Å². The smallest absolute Gasteiger partial charge is 0.164 e. The van der Waals surface area contributed by atoms with Gasteiger partial charge in [0.15, 0.2) is 17.5 Å². The highest BCUT2D eigenvalue weighted by atomic mass is 32.1. The van der Waals surface area contributed by atoms with Crippen LogP contribution in [0.4, 0.5) is 17.1 Å². The molecule has 3 heterocycles. The molecule has 0 saturated carbocycles. The molecule has 0 spiro atoms. The molecule has 0 N–H and O–H groups in total. The molecule has 6 heteroatoms. The van der Waals surface area contributed by atoms with E-state index in [2.05, 4.69) is 149 Å². The van der Waals surface area contributed by atoms with Gasteiger partial charge < -0.3 is 9.47 Å². The van der Waals surface area contributed by atoms with Crippen LogP contribution in [-0.2, 0) is 0 Å². The summed E-state index contributed by atoms with van der Waals surface area (Å²) in [5, 5.41) is 4.94. The number of aromatic nitrogens is 4. The maximum atomic E-state index is 4.98. The number of rotatable bonds is 7. The normalized spacial score (nSPS) is 11.5. The molecular formula is C51H33N5S. The minimum Gasteiger partial charge on any atom is -0.310 e. The highest BCUT2D eigenvalue weighted by molar-refractivity contribution is 7.25. The third kappa shape index (κ3) is 5.74. The predicted molar refractivity (Wildman–Crippen MR) is 238 cm³/mol. The molecule has 0 aliphatic carbocycles. The molecular weight excluding hydrogens is 715 g/mol. The lowest BCUT2D eigenvalue weighted by Crippen LogP contribution is -2.10. The van der Waals surface area contributed by atoms with Gasteiger partial charge in [0.2, 0.25) is 0 Å². The molecule has 0 atom stereocenters. The van der Waals surface area contributed by atoms with Crippen LogP contribution in [0.1, 0.15) is 0 Å². The van der Waals surface area contributed by atoms with Gasteiger partial charge in [0.05, 0.1) is 16.7 Å². The quantitative estimate of drug-likeness (QED) is 0.163. The zero-order valence-corrected chi connectivity index (χ0v) is 31.5. The van der Waals surface area contributed by atoms with E-state index in [9.17, 15) is 0 Å². The zero-order chi connectivity index (χ0) is 37.7. The van der Waals surface area contributed by atoms with Crippen molar-refractivity contribution in [1.82, 2.24) is 19.5 Å². The van der Waals surface area contributed by atoms with Gasteiger partial charge in [0.1, 0.15) is 0 Å². The van der Waals surface area contributed by atoms with Crippen molar-refractivity contribution in [2.24, 2.45) is 0 Å². The number of anilines is 3. The molecule has 0 unspecified atom stereocenters. The Morgan fingerprint density at radius 1 is 0.386 bits per heavy atom. The van der Waals surface area contributed by atoms with Crippen molar-refractivity contribution in [3.8, 4) is 39.9 Å². The molecule has 0 saturated heterocycles. The summed E-state index contributed by atoms with van der Waals surface area (Å²) in [5.74, 6) is 1.92. The molecule has 0 aliphatic rings. The first-order chi connectivity index (χ1) is 28.3. The number of fused-ring (bicyclic) bond motifs is 6. The Kier molecular flexibility index (Phi) is 7.93. The fourth-order valence-electron chi connectivity index (χ4n) is 8.02. The third-order valence-electron chi connectivity index (χ3n) is 10.6. The fraction of sp³-hybridized carbons (Fsp3) is 0. The number of para-hydroxylation sites is 2. The van der Waals surface area contributed by atoms with Crippen LogP contribution in [0.3, 0.4) is 0 Å². The molecule has 0 radical (unpaired) electrons. The maximum Gasteiger partial charge on any atom is 0.164 e. The first kappa shape index (κ1) is 33.0. The van der Waals surface area contributed by atoms with Crippen molar-refractivity contribution < 1.29 is 0 Å². The van der Waals surface area contributed by atoms with Crippen molar-refractivity contribution >= 4 is 70.4 Å². The van der Waals surface area contributed by atoms with Crippen LogP contribution in [0, 0.1) is 0 Å². The number of benzene rings is 8. The minimum absolute atomic E-state index is 0.632. The Morgan fingerprint density at radius 2 is 0.930 bits per heavy atom. The molecule has 11 rings (SSSR count). The minimum atomic E-state index is 0.632. The standard InChI is InChI=1S/C51H33N5S/c1-4-15-34(16-5-1)49-52-50(35-17-6-2-7-18-35)54-51(53-49)36-27-29-38(30-28-36)56-43-23-12-10-22-41(43)48-44(24-14-25-45(48)56)55(37-19-8-3-9-20-37)39-31-32-47-42(33-39)40-21-11-13-26-46(40)57-47/h1-33H. The summed E-state index contributed by atoms with van der Waals surface area (Å²) in [7, 11) is 0. The van der Waals surface area contributed by atoms with Gasteiger partial charge in [-0.1, -0.05) is 121 Å². The monoisotopic (exact) mass is 747 g/mol. The first-order valence-corrected chi connectivity index (χ1v) is 19.8. The molecule has 8 aromatic carbocycles. The number of hydrogen-bond donors (Lipinski definition) is 0. The van der Waals surface area contributed by atoms with Gasteiger partial charge in [0.25, 0.3) is 0 Å². The van der Waals surface area contributed by atoms with Gasteiger partial charge in [-0.15, -0.1) is 11.3 Å². The summed E-state index contributed by atoms with van der Waals surface area (Å²) >= 11 is 1.84. The van der Waals surface area contributed by atoms with Crippen LogP contribution in [0.15, 0.2) is 200 Å². The molecule has 0 bridgehead atoms. The summed E-state index contributed by atoms with van der Waals surface area (Å²) < 4.78 is 4.96. The maximum absolute atomic E-state index is 4.98. The summed E-state index contributed by atoms with van der Waals surface area (Å²) in [6, 6.07) is 70.4. The second-order valence-electron chi connectivity index (χ2n) is 14.1. The number of thiophene rings is 1. The van der Waals surface area contributed by atoms with Gasteiger partial charge in [-0.2, -0.15) is 0 Å². The summed E-state index contributed by atoms with van der Waals surface area (Å²) in [6.45, 7) is 0. The van der Waals surface area contributed by atoms with E-state index in [4.69, 9.17) is 15.0 Å². The van der Waals surface area contributed by atoms with Crippen molar-refractivity contribution in [3.05, 3.63) is 200 Å². The molecule has 5 nitrogen and oxygen atoms in total. The Balaban J connectivity index is 1.07. The molecule has 3 aromatic heterocycles. The van der Waals surface area contributed by atoms with Gasteiger partial charge in [-0.3, -0.25) is 0 Å². The van der Waals surface area contributed by atoms with Crippen LogP contribution in [0.2, 0.25) is 0 Å². The van der Waals surface area contributed by atoms with E-state index in [1.165, 1.54) is 30.9 Å². The Morgan fingerprint density at radius 3 is 1.61 bits per heavy atom. The Labute approximate surface area is 333 Å². The van der Waals surface area contributed by atoms with E-state index in [0.29, 0.717) is 17.5 Å². The summed E-state index contributed by atoms with van der Waals surface area (Å²) in [5.41, 5.74) is 9.48. The topological polar surface area (TPSA) is 46.8 Å². The molecule has 268 valence electrons. The summed E-state index contributed by atoms with van der Waals surface area (Å²) in [6.07, 6.45) is 0. The van der Waals surface area contributed by atoms with Gasteiger partial charge >= 0.3 is 0 Å². The van der Waals surface area contributed by atoms with Crippen LogP contribution in [0.5, 0.6) is 0 Å². The average Bonchev–Trinajstić information content (AvgIpc) is 3.83. The van der Waals surface area contributed by atoms with Crippen molar-refractivity contribution in [3.63, 3.8) is 0 Å². The molecule has 57 heavy (non-hydrogen) atoms. The van der Waals surface area contributed by atoms with Gasteiger partial charge in [0, 0.05) is 64.7 Å². The number of nitrogens with zero attached hydrogens (tertiary/aromatic N) is 5. The van der Waals surface area contributed by atoms with Crippen molar-refractivity contribution in [2.75, 3.05) is 4.90 Å². The lowest BCUT2D eigenvalue weighted by molar-refractivity contribution is 1.07. The Bertz CT molecular complexity index is 3170. The van der Waals surface area contributed by atoms with Crippen LogP contribution in [-0.4, -0.2) is 19.5 Å². The predicted octanol–water partition coefficient (Wildman–Crippen LogP) is 13.8. The molecule has 0 fully saturated rings. The summed E-state index contributed by atoms with van der Waals surface area (Å²) in [4.78, 5) is 17.3. The van der Waals surface area contributed by atoms with Crippen LogP contribution >= 0.6 is 11.3 Å². The third-order valence-corrected chi connectivity index (χ3v) is 11.8. The van der Waals surface area contributed by atoms with Crippen molar-refractivity contribution in [1.29, 1.82) is 0 Å². The number of hydrogen-bond acceptors (Lipinski definition) is 5. The van der Waals surface area contributed by atoms with Crippen molar-refractivity contribution in [2.45, 2.75) is 0 Å². The first-order valence-electron chi connectivity index (χ1n) is 19.0. The SMILES string of the molecule is c1ccc(-c2nc(-c3ccccc3)nc(-c3ccc(-n4c5ccccc5c5c(N(c6ccccc6)c6ccc7sc8ccccc8c7c6)cccc54)cc3)n2)cc1. The van der Waals surface area contributed by atoms with Gasteiger partial charge in [-0.25, -0.2) is 15.0 Å². The molecule has 0 amide bonds. The highest BCUT2D eigenvalue weighted by Crippen LogP contribution is 2.45. The second kappa shape index (κ2) is 13.7. The lowest BCUT2D eigenvalue weighted by Gasteiger charge is -2.26. The largest absolute Gasteiger partial charge is 0.310 e. The second-order valence-corrected chi connectivity index (χ2v) is 15.1. The van der Waals surface area contributed by atoms with E-state index in [1.54, 1.807) is 0 Å². The molecule has 11 aromatic rings. The van der Waals surface area contributed by atoms with Gasteiger partial charge in [-0.05, 0) is 78.9 Å². The fourth-order valence-corrected chi connectivity index (χ4v) is 9.11. The Hall–Kier alpha value is -7.41. The average molecular weight is 748 g/mol. The van der Waals surface area contributed by atoms with E-state index in [-0.39, 0.29) is 0 Å². The van der Waals surface area contributed by atoms with E-state index in [1.807, 2.05) is 72.0 Å². The lowest BCUT2D eigenvalue weighted by atomic mass is 10.1. The van der Waals surface area contributed by atoms with E-state index >= 15 is 0 Å². The highest BCUT2D eigenvalue weighted by Gasteiger charge is 2.22. The van der Waals surface area contributed by atoms with Crippen LogP contribution in [0.25, 0.3) is 81.8 Å². The molecule has 0 aliphatic heterocycles. The zero-order valence-electron chi connectivity index (χ0n) is 30.7.